The van der Waals surface area contributed by atoms with Crippen molar-refractivity contribution in [3.05, 3.63) is 16.6 Å². The van der Waals surface area contributed by atoms with Gasteiger partial charge < -0.3 is 14.5 Å². The van der Waals surface area contributed by atoms with Gasteiger partial charge in [0.25, 0.3) is 5.91 Å². The number of aryl methyl sites for hydroxylation is 1. The van der Waals surface area contributed by atoms with Crippen LogP contribution in [0.1, 0.15) is 23.0 Å². The molecule has 1 aliphatic rings. The normalized spacial score (nSPS) is 15.5. The summed E-state index contributed by atoms with van der Waals surface area (Å²) in [6.45, 7) is 6.09. The number of hydrogen-bond donors (Lipinski definition) is 0. The molecule has 0 saturated carbocycles. The molecule has 104 valence electrons. The summed E-state index contributed by atoms with van der Waals surface area (Å²) in [7, 11) is 0. The molecule has 19 heavy (non-hydrogen) atoms. The summed E-state index contributed by atoms with van der Waals surface area (Å²) in [5.41, 5.74) is 1.43. The van der Waals surface area contributed by atoms with Gasteiger partial charge in [0.2, 0.25) is 0 Å². The Hall–Kier alpha value is -1.63. The van der Waals surface area contributed by atoms with Gasteiger partial charge in [-0.15, -0.1) is 0 Å². The maximum absolute atomic E-state index is 12.2. The number of rotatable bonds is 2. The van der Waals surface area contributed by atoms with E-state index in [1.807, 2.05) is 6.92 Å². The molecule has 1 aromatic rings. The van der Waals surface area contributed by atoms with Crippen molar-refractivity contribution in [1.29, 1.82) is 0 Å². The maximum atomic E-state index is 12.2. The third-order valence-corrected chi connectivity index (χ3v) is 3.79. The second-order valence-corrected chi connectivity index (χ2v) is 4.92. The van der Waals surface area contributed by atoms with Crippen LogP contribution in [0.2, 0.25) is 0 Å². The molecule has 0 bridgehead atoms. The second kappa shape index (κ2) is 6.01. The molecular weight excluding hydrogens is 266 g/mol. The third-order valence-electron chi connectivity index (χ3n) is 3.07. The van der Waals surface area contributed by atoms with E-state index in [0.717, 1.165) is 5.69 Å². The van der Waals surface area contributed by atoms with Gasteiger partial charge in [0.05, 0.1) is 17.9 Å². The van der Waals surface area contributed by atoms with Crippen LogP contribution < -0.4 is 0 Å². The average molecular weight is 283 g/mol. The molecule has 2 amide bonds. The van der Waals surface area contributed by atoms with Gasteiger partial charge in [-0.1, -0.05) is 0 Å². The quantitative estimate of drug-likeness (QED) is 0.822. The number of amides is 2. The fourth-order valence-corrected chi connectivity index (χ4v) is 2.66. The number of ether oxygens (including phenoxy) is 1. The first-order valence-corrected chi connectivity index (χ1v) is 7.09. The fourth-order valence-electron chi connectivity index (χ4n) is 1.97. The van der Waals surface area contributed by atoms with Crippen LogP contribution in [0, 0.1) is 6.92 Å². The van der Waals surface area contributed by atoms with Gasteiger partial charge in [0.1, 0.15) is 0 Å². The number of carbonyl (C=O) groups is 2. The van der Waals surface area contributed by atoms with Crippen LogP contribution in [-0.4, -0.2) is 59.0 Å². The number of carbonyl (C=O) groups excluding carboxylic acids is 2. The molecule has 0 aliphatic carbocycles. The van der Waals surface area contributed by atoms with Crippen LogP contribution in [-0.2, 0) is 4.74 Å². The van der Waals surface area contributed by atoms with E-state index in [2.05, 4.69) is 4.37 Å². The maximum Gasteiger partial charge on any atom is 0.409 e. The zero-order chi connectivity index (χ0) is 13.8. The van der Waals surface area contributed by atoms with Crippen molar-refractivity contribution in [1.82, 2.24) is 14.2 Å². The van der Waals surface area contributed by atoms with E-state index in [9.17, 15) is 9.59 Å². The highest BCUT2D eigenvalue weighted by Gasteiger charge is 2.26. The lowest BCUT2D eigenvalue weighted by atomic mass is 10.2. The van der Waals surface area contributed by atoms with E-state index in [1.165, 1.54) is 11.5 Å². The Morgan fingerprint density at radius 2 is 1.95 bits per heavy atom. The zero-order valence-corrected chi connectivity index (χ0v) is 11.9. The lowest BCUT2D eigenvalue weighted by molar-refractivity contribution is 0.0570. The highest BCUT2D eigenvalue weighted by molar-refractivity contribution is 7.03. The van der Waals surface area contributed by atoms with E-state index < -0.39 is 0 Å². The molecule has 0 aromatic carbocycles. The lowest BCUT2D eigenvalue weighted by Gasteiger charge is -2.33. The van der Waals surface area contributed by atoms with Crippen molar-refractivity contribution in [2.24, 2.45) is 0 Å². The first kappa shape index (κ1) is 13.8. The summed E-state index contributed by atoms with van der Waals surface area (Å²) < 4.78 is 9.05. The van der Waals surface area contributed by atoms with Crippen molar-refractivity contribution in [2.75, 3.05) is 32.8 Å². The molecule has 7 heteroatoms. The average Bonchev–Trinajstić information content (AvgIpc) is 2.84. The SMILES string of the molecule is CCOC(=O)N1CCN(C(=O)c2csnc2C)CC1. The first-order valence-electron chi connectivity index (χ1n) is 6.25. The van der Waals surface area contributed by atoms with Gasteiger partial charge in [-0.2, -0.15) is 4.37 Å². The van der Waals surface area contributed by atoms with Gasteiger partial charge in [-0.3, -0.25) is 4.79 Å². The highest BCUT2D eigenvalue weighted by Crippen LogP contribution is 2.14. The van der Waals surface area contributed by atoms with Crippen molar-refractivity contribution in [3.63, 3.8) is 0 Å². The Bertz CT molecular complexity index is 467. The second-order valence-electron chi connectivity index (χ2n) is 4.29. The molecule has 1 aromatic heterocycles. The van der Waals surface area contributed by atoms with Crippen LogP contribution in [0.15, 0.2) is 5.38 Å². The van der Waals surface area contributed by atoms with Crippen LogP contribution in [0.4, 0.5) is 4.79 Å². The summed E-state index contributed by atoms with van der Waals surface area (Å²) in [5.74, 6) is -0.00485. The van der Waals surface area contributed by atoms with E-state index in [0.29, 0.717) is 38.3 Å². The monoisotopic (exact) mass is 283 g/mol. The Labute approximate surface area is 116 Å². The molecule has 0 unspecified atom stereocenters. The summed E-state index contributed by atoms with van der Waals surface area (Å²) in [5, 5.41) is 1.77. The minimum Gasteiger partial charge on any atom is -0.450 e. The smallest absolute Gasteiger partial charge is 0.409 e. The highest BCUT2D eigenvalue weighted by atomic mass is 32.1. The van der Waals surface area contributed by atoms with Crippen LogP contribution in [0.5, 0.6) is 0 Å². The van der Waals surface area contributed by atoms with E-state index >= 15 is 0 Å². The van der Waals surface area contributed by atoms with Gasteiger partial charge in [-0.25, -0.2) is 4.79 Å². The minimum atomic E-state index is -0.303. The minimum absolute atomic E-state index is 0.00485. The predicted octanol–water partition coefficient (Wildman–Crippen LogP) is 1.37. The lowest BCUT2D eigenvalue weighted by Crippen LogP contribution is -2.50. The van der Waals surface area contributed by atoms with Crippen molar-refractivity contribution in [2.45, 2.75) is 13.8 Å². The van der Waals surface area contributed by atoms with Gasteiger partial charge >= 0.3 is 6.09 Å². The summed E-state index contributed by atoms with van der Waals surface area (Å²) in [6, 6.07) is 0. The molecule has 0 radical (unpaired) electrons. The third kappa shape index (κ3) is 3.04. The molecule has 2 heterocycles. The van der Waals surface area contributed by atoms with Gasteiger partial charge in [0, 0.05) is 31.6 Å². The number of nitrogens with zero attached hydrogens (tertiary/aromatic N) is 3. The standard InChI is InChI=1S/C12H17N3O3S/c1-3-18-12(17)15-6-4-14(5-7-15)11(16)10-8-19-13-9(10)2/h8H,3-7H2,1-2H3. The molecule has 0 N–H and O–H groups in total. The Balaban J connectivity index is 1.92. The van der Waals surface area contributed by atoms with E-state index in [1.54, 1.807) is 22.1 Å². The van der Waals surface area contributed by atoms with Crippen LogP contribution in [0.25, 0.3) is 0 Å². The van der Waals surface area contributed by atoms with Gasteiger partial charge in [-0.05, 0) is 25.4 Å². The summed E-state index contributed by atoms with van der Waals surface area (Å²) >= 11 is 1.29. The Kier molecular flexibility index (Phi) is 4.36. The van der Waals surface area contributed by atoms with Crippen LogP contribution >= 0.6 is 11.5 Å². The summed E-state index contributed by atoms with van der Waals surface area (Å²) in [4.78, 5) is 27.2. The molecule has 1 aliphatic heterocycles. The molecule has 6 nitrogen and oxygen atoms in total. The summed E-state index contributed by atoms with van der Waals surface area (Å²) in [6.07, 6.45) is -0.303. The van der Waals surface area contributed by atoms with Crippen molar-refractivity contribution in [3.8, 4) is 0 Å². The predicted molar refractivity (Wildman–Crippen MR) is 71.3 cm³/mol. The molecular formula is C12H17N3O3S. The van der Waals surface area contributed by atoms with E-state index in [-0.39, 0.29) is 12.0 Å². The topological polar surface area (TPSA) is 62.7 Å². The van der Waals surface area contributed by atoms with Crippen molar-refractivity contribution >= 4 is 23.5 Å². The zero-order valence-electron chi connectivity index (χ0n) is 11.1. The Morgan fingerprint density at radius 3 is 2.47 bits per heavy atom. The molecule has 0 spiro atoms. The molecule has 0 atom stereocenters. The Morgan fingerprint density at radius 1 is 1.32 bits per heavy atom. The number of aromatic nitrogens is 1. The first-order chi connectivity index (χ1) is 9.13. The number of hydrogen-bond acceptors (Lipinski definition) is 5. The number of piperazine rings is 1. The van der Waals surface area contributed by atoms with Crippen molar-refractivity contribution < 1.29 is 14.3 Å². The largest absolute Gasteiger partial charge is 0.450 e. The van der Waals surface area contributed by atoms with Crippen LogP contribution in [0.3, 0.4) is 0 Å². The fraction of sp³-hybridized carbons (Fsp3) is 0.583. The molecule has 1 saturated heterocycles. The molecule has 2 rings (SSSR count). The van der Waals surface area contributed by atoms with Gasteiger partial charge in [0.15, 0.2) is 0 Å². The molecule has 1 fully saturated rings. The van der Waals surface area contributed by atoms with E-state index in [4.69, 9.17) is 4.74 Å².